The Balaban J connectivity index is 1.66. The number of methoxy groups -OCH3 is 1. The van der Waals surface area contributed by atoms with Gasteiger partial charge in [-0.3, -0.25) is 9.10 Å². The molecule has 27 heavy (non-hydrogen) atoms. The summed E-state index contributed by atoms with van der Waals surface area (Å²) in [6.07, 6.45) is 1.32. The lowest BCUT2D eigenvalue weighted by atomic mass is 10.1. The highest BCUT2D eigenvalue weighted by Crippen LogP contribution is 2.35. The number of benzene rings is 2. The van der Waals surface area contributed by atoms with Crippen LogP contribution in [0.4, 0.5) is 15.8 Å². The number of halogens is 1. The first-order valence-corrected chi connectivity index (χ1v) is 10.2. The third-order valence-corrected chi connectivity index (χ3v) is 6.24. The average Bonchev–Trinajstić information content (AvgIpc) is 3.00. The molecule has 0 spiro atoms. The monoisotopic (exact) mass is 392 g/mol. The van der Waals surface area contributed by atoms with Crippen molar-refractivity contribution in [3.63, 3.8) is 0 Å². The van der Waals surface area contributed by atoms with Gasteiger partial charge in [0.2, 0.25) is 15.9 Å². The van der Waals surface area contributed by atoms with Crippen molar-refractivity contribution in [2.75, 3.05) is 29.0 Å². The predicted molar refractivity (Wildman–Crippen MR) is 102 cm³/mol. The van der Waals surface area contributed by atoms with Crippen molar-refractivity contribution in [3.8, 4) is 5.75 Å². The third kappa shape index (κ3) is 4.57. The molecule has 6 nitrogen and oxygen atoms in total. The first kappa shape index (κ1) is 19.2. The van der Waals surface area contributed by atoms with Crippen LogP contribution >= 0.6 is 0 Å². The molecule has 0 aliphatic carbocycles. The predicted octanol–water partition coefficient (Wildman–Crippen LogP) is 2.95. The van der Waals surface area contributed by atoms with Gasteiger partial charge in [-0.25, -0.2) is 12.8 Å². The minimum Gasteiger partial charge on any atom is -0.494 e. The van der Waals surface area contributed by atoms with Crippen LogP contribution in [0.15, 0.2) is 42.5 Å². The van der Waals surface area contributed by atoms with Gasteiger partial charge in [-0.05, 0) is 42.7 Å². The summed E-state index contributed by atoms with van der Waals surface area (Å²) in [7, 11) is -1.85. The Labute approximate surface area is 158 Å². The summed E-state index contributed by atoms with van der Waals surface area (Å²) in [5, 5.41) is 2.78. The number of nitrogens with zero attached hydrogens (tertiary/aromatic N) is 1. The Kier molecular flexibility index (Phi) is 5.65. The van der Waals surface area contributed by atoms with E-state index in [0.29, 0.717) is 36.5 Å². The fraction of sp³-hybridized carbons (Fsp3) is 0.316. The number of amides is 1. The lowest BCUT2D eigenvalue weighted by Crippen LogP contribution is -2.25. The van der Waals surface area contributed by atoms with Gasteiger partial charge >= 0.3 is 0 Å². The van der Waals surface area contributed by atoms with E-state index in [1.165, 1.54) is 23.5 Å². The fourth-order valence-corrected chi connectivity index (χ4v) is 4.58. The van der Waals surface area contributed by atoms with Gasteiger partial charge in [-0.2, -0.15) is 0 Å². The average molecular weight is 392 g/mol. The molecule has 0 saturated carbocycles. The number of hydrogen-bond acceptors (Lipinski definition) is 4. The second-order valence-corrected chi connectivity index (χ2v) is 8.32. The van der Waals surface area contributed by atoms with Crippen molar-refractivity contribution >= 4 is 27.3 Å². The molecule has 144 valence electrons. The SMILES string of the molecule is COc1cc(NC(=O)CCc2ccc(F)cc2)ccc1N1CCCS1(=O)=O. The van der Waals surface area contributed by atoms with Crippen LogP contribution in [0.25, 0.3) is 0 Å². The molecule has 1 aliphatic rings. The van der Waals surface area contributed by atoms with E-state index in [0.717, 1.165) is 5.56 Å². The van der Waals surface area contributed by atoms with E-state index in [1.54, 1.807) is 30.3 Å². The van der Waals surface area contributed by atoms with Crippen molar-refractivity contribution < 1.29 is 22.3 Å². The molecular weight excluding hydrogens is 371 g/mol. The fourth-order valence-electron chi connectivity index (χ4n) is 3.00. The van der Waals surface area contributed by atoms with E-state index in [-0.39, 0.29) is 23.9 Å². The minimum absolute atomic E-state index is 0.123. The Hall–Kier alpha value is -2.61. The summed E-state index contributed by atoms with van der Waals surface area (Å²) >= 11 is 0. The maximum atomic E-state index is 12.9. The molecule has 0 aromatic heterocycles. The van der Waals surface area contributed by atoms with E-state index >= 15 is 0 Å². The maximum Gasteiger partial charge on any atom is 0.235 e. The van der Waals surface area contributed by atoms with Crippen LogP contribution in [0.2, 0.25) is 0 Å². The first-order valence-electron chi connectivity index (χ1n) is 8.62. The van der Waals surface area contributed by atoms with E-state index in [1.807, 2.05) is 0 Å². The van der Waals surface area contributed by atoms with Crippen LogP contribution in [0, 0.1) is 5.82 Å². The van der Waals surface area contributed by atoms with E-state index in [2.05, 4.69) is 5.32 Å². The van der Waals surface area contributed by atoms with Crippen molar-refractivity contribution in [2.45, 2.75) is 19.3 Å². The molecule has 1 amide bonds. The highest BCUT2D eigenvalue weighted by Gasteiger charge is 2.30. The van der Waals surface area contributed by atoms with Crippen LogP contribution in [0.1, 0.15) is 18.4 Å². The largest absolute Gasteiger partial charge is 0.494 e. The lowest BCUT2D eigenvalue weighted by molar-refractivity contribution is -0.116. The van der Waals surface area contributed by atoms with Gasteiger partial charge in [0.15, 0.2) is 0 Å². The zero-order chi connectivity index (χ0) is 19.4. The summed E-state index contributed by atoms with van der Waals surface area (Å²) in [5.74, 6) is 0.00743. The summed E-state index contributed by atoms with van der Waals surface area (Å²) in [6.45, 7) is 0.419. The van der Waals surface area contributed by atoms with E-state index in [4.69, 9.17) is 4.74 Å². The van der Waals surface area contributed by atoms with Crippen molar-refractivity contribution in [2.24, 2.45) is 0 Å². The molecule has 2 aromatic carbocycles. The number of carbonyl (C=O) groups excluding carboxylic acids is 1. The zero-order valence-electron chi connectivity index (χ0n) is 14.9. The maximum absolute atomic E-state index is 12.9. The normalized spacial score (nSPS) is 15.6. The summed E-state index contributed by atoms with van der Waals surface area (Å²) in [4.78, 5) is 12.2. The van der Waals surface area contributed by atoms with Crippen LogP contribution in [-0.4, -0.2) is 33.7 Å². The first-order chi connectivity index (χ1) is 12.9. The smallest absolute Gasteiger partial charge is 0.235 e. The Morgan fingerprint density at radius 1 is 1.22 bits per heavy atom. The van der Waals surface area contributed by atoms with E-state index < -0.39 is 10.0 Å². The van der Waals surface area contributed by atoms with Crippen molar-refractivity contribution in [3.05, 3.63) is 53.8 Å². The van der Waals surface area contributed by atoms with Gasteiger partial charge < -0.3 is 10.1 Å². The molecule has 0 atom stereocenters. The summed E-state index contributed by atoms with van der Waals surface area (Å²) in [6, 6.07) is 10.9. The summed E-state index contributed by atoms with van der Waals surface area (Å²) < 4.78 is 43.8. The van der Waals surface area contributed by atoms with Gasteiger partial charge in [0.1, 0.15) is 11.6 Å². The second kappa shape index (κ2) is 7.96. The van der Waals surface area contributed by atoms with Crippen LogP contribution in [0.3, 0.4) is 0 Å². The number of nitrogens with one attached hydrogen (secondary N) is 1. The number of anilines is 2. The molecule has 3 rings (SSSR count). The van der Waals surface area contributed by atoms with Gasteiger partial charge in [-0.1, -0.05) is 12.1 Å². The highest BCUT2D eigenvalue weighted by molar-refractivity contribution is 7.93. The molecule has 1 N–H and O–H groups in total. The van der Waals surface area contributed by atoms with Crippen LogP contribution in [-0.2, 0) is 21.2 Å². The number of ether oxygens (including phenoxy) is 1. The number of sulfonamides is 1. The Morgan fingerprint density at radius 3 is 2.59 bits per heavy atom. The molecule has 1 heterocycles. The van der Waals surface area contributed by atoms with Gasteiger partial charge in [0, 0.05) is 24.7 Å². The Bertz CT molecular complexity index is 929. The topological polar surface area (TPSA) is 75.7 Å². The third-order valence-electron chi connectivity index (χ3n) is 4.39. The molecule has 1 fully saturated rings. The molecule has 0 bridgehead atoms. The molecule has 0 radical (unpaired) electrons. The molecule has 2 aromatic rings. The number of carbonyl (C=O) groups is 1. The lowest BCUT2D eigenvalue weighted by Gasteiger charge is -2.20. The summed E-state index contributed by atoms with van der Waals surface area (Å²) in [5.41, 5.74) is 1.87. The number of aryl methyl sites for hydroxylation is 1. The van der Waals surface area contributed by atoms with Crippen molar-refractivity contribution in [1.82, 2.24) is 0 Å². The van der Waals surface area contributed by atoms with E-state index in [9.17, 15) is 17.6 Å². The minimum atomic E-state index is -3.31. The Morgan fingerprint density at radius 2 is 1.96 bits per heavy atom. The molecule has 8 heteroatoms. The number of hydrogen-bond donors (Lipinski definition) is 1. The van der Waals surface area contributed by atoms with Crippen LogP contribution in [0.5, 0.6) is 5.75 Å². The van der Waals surface area contributed by atoms with Gasteiger partial charge in [-0.15, -0.1) is 0 Å². The highest BCUT2D eigenvalue weighted by atomic mass is 32.2. The quantitative estimate of drug-likeness (QED) is 0.820. The molecule has 0 unspecified atom stereocenters. The van der Waals surface area contributed by atoms with Crippen molar-refractivity contribution in [1.29, 1.82) is 0 Å². The molecular formula is C19H21FN2O4S. The van der Waals surface area contributed by atoms with Gasteiger partial charge in [0.25, 0.3) is 0 Å². The molecule has 1 saturated heterocycles. The zero-order valence-corrected chi connectivity index (χ0v) is 15.8. The number of rotatable bonds is 6. The standard InChI is InChI=1S/C19H21FN2O4S/c1-26-18-13-16(8-9-17(18)22-11-2-12-27(22,24)25)21-19(23)10-5-14-3-6-15(20)7-4-14/h3-4,6-9,13H,2,5,10-12H2,1H3,(H,21,23). The molecule has 1 aliphatic heterocycles. The second-order valence-electron chi connectivity index (χ2n) is 6.30. The van der Waals surface area contributed by atoms with Crippen LogP contribution < -0.4 is 14.4 Å². The van der Waals surface area contributed by atoms with Gasteiger partial charge in [0.05, 0.1) is 18.6 Å².